The van der Waals surface area contributed by atoms with Gasteiger partial charge in [-0.25, -0.2) is 0 Å². The number of pyridine rings is 1. The number of anilines is 3. The topological polar surface area (TPSA) is 92.7 Å². The van der Waals surface area contributed by atoms with Crippen LogP contribution in [0.5, 0.6) is 5.75 Å². The van der Waals surface area contributed by atoms with Gasteiger partial charge in [-0.15, -0.1) is 0 Å². The van der Waals surface area contributed by atoms with E-state index >= 15 is 0 Å². The number of amides is 2. The van der Waals surface area contributed by atoms with Crippen molar-refractivity contribution in [2.75, 3.05) is 35.7 Å². The van der Waals surface area contributed by atoms with Gasteiger partial charge in [0.05, 0.1) is 34.8 Å². The Morgan fingerprint density at radius 2 is 1.63 bits per heavy atom. The second-order valence-corrected chi connectivity index (χ2v) is 10.8. The highest BCUT2D eigenvalue weighted by atomic mass is 35.5. The van der Waals surface area contributed by atoms with E-state index in [1.807, 2.05) is 34.9 Å². The van der Waals surface area contributed by atoms with Gasteiger partial charge in [0, 0.05) is 42.9 Å². The van der Waals surface area contributed by atoms with Crippen molar-refractivity contribution >= 4 is 40.5 Å². The minimum Gasteiger partial charge on any atom is -0.495 e. The number of hydrogen-bond acceptors (Lipinski definition) is 5. The molecule has 2 aliphatic rings. The van der Waals surface area contributed by atoms with E-state index in [1.165, 1.54) is 0 Å². The molecule has 2 bridgehead atoms. The number of aromatic nitrogens is 1. The van der Waals surface area contributed by atoms with Gasteiger partial charge in [-0.3, -0.25) is 14.4 Å². The highest BCUT2D eigenvalue weighted by Gasteiger charge is 2.35. The number of para-hydroxylation sites is 2. The fourth-order valence-corrected chi connectivity index (χ4v) is 6.15. The molecule has 2 aliphatic heterocycles. The summed E-state index contributed by atoms with van der Waals surface area (Å²) < 4.78 is 7.26. The van der Waals surface area contributed by atoms with Crippen molar-refractivity contribution in [2.24, 2.45) is 5.92 Å². The van der Waals surface area contributed by atoms with Crippen molar-refractivity contribution in [2.45, 2.75) is 18.9 Å². The summed E-state index contributed by atoms with van der Waals surface area (Å²) in [5.41, 5.74) is 3.64. The predicted octanol–water partition coefficient (Wildman–Crippen LogP) is 5.64. The van der Waals surface area contributed by atoms with Gasteiger partial charge in [0.2, 0.25) is 0 Å². The van der Waals surface area contributed by atoms with Crippen LogP contribution in [0.2, 0.25) is 5.02 Å². The van der Waals surface area contributed by atoms with E-state index in [4.69, 9.17) is 16.3 Å². The number of nitrogens with zero attached hydrogens (tertiary/aromatic N) is 2. The molecular weight excluding hydrogens is 540 g/mol. The van der Waals surface area contributed by atoms with Crippen molar-refractivity contribution < 1.29 is 14.3 Å². The molecule has 2 N–H and O–H groups in total. The average molecular weight is 569 g/mol. The van der Waals surface area contributed by atoms with Crippen molar-refractivity contribution in [3.05, 3.63) is 117 Å². The molecule has 0 spiro atoms. The Labute approximate surface area is 242 Å². The van der Waals surface area contributed by atoms with Gasteiger partial charge in [-0.1, -0.05) is 41.9 Å². The quantitative estimate of drug-likeness (QED) is 0.314. The number of ether oxygens (including phenoxy) is 1. The van der Waals surface area contributed by atoms with Gasteiger partial charge >= 0.3 is 0 Å². The van der Waals surface area contributed by atoms with Crippen molar-refractivity contribution in [1.82, 2.24) is 4.57 Å². The summed E-state index contributed by atoms with van der Waals surface area (Å²) in [4.78, 5) is 41.4. The second-order valence-electron chi connectivity index (χ2n) is 10.4. The second kappa shape index (κ2) is 11.1. The number of halogens is 1. The Balaban J connectivity index is 1.34. The molecule has 0 aliphatic carbocycles. The summed E-state index contributed by atoms with van der Waals surface area (Å²) in [6.07, 6.45) is 1.00. The Bertz CT molecular complexity index is 1700. The van der Waals surface area contributed by atoms with Crippen LogP contribution in [0.15, 0.2) is 89.7 Å². The number of benzene rings is 3. The van der Waals surface area contributed by atoms with E-state index in [0.29, 0.717) is 46.4 Å². The van der Waals surface area contributed by atoms with Crippen LogP contribution < -0.4 is 25.8 Å². The van der Waals surface area contributed by atoms with E-state index in [-0.39, 0.29) is 29.2 Å². The fourth-order valence-electron chi connectivity index (χ4n) is 5.92. The van der Waals surface area contributed by atoms with Gasteiger partial charge in [0.1, 0.15) is 5.75 Å². The first kappa shape index (κ1) is 26.7. The number of rotatable bonds is 6. The van der Waals surface area contributed by atoms with Crippen LogP contribution in [-0.2, 0) is 6.54 Å². The summed E-state index contributed by atoms with van der Waals surface area (Å²) in [7, 11) is 1.55. The van der Waals surface area contributed by atoms with Crippen LogP contribution in [-0.4, -0.2) is 36.6 Å². The zero-order valence-electron chi connectivity index (χ0n) is 22.5. The first-order chi connectivity index (χ1) is 19.9. The molecular formula is C32H29ClN4O4. The molecule has 0 radical (unpaired) electrons. The van der Waals surface area contributed by atoms with E-state index in [2.05, 4.69) is 15.5 Å². The summed E-state index contributed by atoms with van der Waals surface area (Å²) in [5.74, 6) is 0.300. The first-order valence-electron chi connectivity index (χ1n) is 13.5. The lowest BCUT2D eigenvalue weighted by atomic mass is 9.83. The zero-order chi connectivity index (χ0) is 28.5. The summed E-state index contributed by atoms with van der Waals surface area (Å²) in [6.45, 7) is 2.06. The lowest BCUT2D eigenvalue weighted by Gasteiger charge is -2.44. The first-order valence-corrected chi connectivity index (χ1v) is 13.9. The number of methoxy groups -OCH3 is 1. The lowest BCUT2D eigenvalue weighted by Crippen LogP contribution is -2.47. The van der Waals surface area contributed by atoms with E-state index in [0.717, 1.165) is 24.3 Å². The van der Waals surface area contributed by atoms with Crippen molar-refractivity contribution in [3.63, 3.8) is 0 Å². The molecule has 2 amide bonds. The molecule has 41 heavy (non-hydrogen) atoms. The molecule has 2 atom stereocenters. The normalized spacial score (nSPS) is 17.4. The molecule has 3 heterocycles. The zero-order valence-corrected chi connectivity index (χ0v) is 23.2. The lowest BCUT2D eigenvalue weighted by molar-refractivity contribution is 0.101. The molecule has 208 valence electrons. The van der Waals surface area contributed by atoms with Gasteiger partial charge in [-0.05, 0) is 60.9 Å². The van der Waals surface area contributed by atoms with E-state index in [9.17, 15) is 14.4 Å². The van der Waals surface area contributed by atoms with Gasteiger partial charge in [-0.2, -0.15) is 0 Å². The molecule has 6 rings (SSSR count). The number of fused-ring (bicyclic) bond motifs is 4. The third-order valence-corrected chi connectivity index (χ3v) is 8.13. The minimum atomic E-state index is -0.367. The smallest absolute Gasteiger partial charge is 0.257 e. The van der Waals surface area contributed by atoms with Crippen LogP contribution in [0, 0.1) is 5.92 Å². The Hall–Kier alpha value is -4.56. The maximum absolute atomic E-state index is 13.4. The third kappa shape index (κ3) is 5.30. The Morgan fingerprint density at radius 1 is 0.854 bits per heavy atom. The van der Waals surface area contributed by atoms with E-state index in [1.54, 1.807) is 61.7 Å². The SMILES string of the molecule is COc1ccccc1NC(=O)c1ccc(N2CC3CC(C2)c2cccc(=O)n2C3)c(NC(=O)c2ccccc2Cl)c1. The van der Waals surface area contributed by atoms with Crippen molar-refractivity contribution in [1.29, 1.82) is 0 Å². The number of carbonyl (C=O) groups is 2. The highest BCUT2D eigenvalue weighted by molar-refractivity contribution is 6.34. The van der Waals surface area contributed by atoms with Crippen LogP contribution in [0.25, 0.3) is 0 Å². The third-order valence-electron chi connectivity index (χ3n) is 7.80. The highest BCUT2D eigenvalue weighted by Crippen LogP contribution is 2.39. The molecule has 2 unspecified atom stereocenters. The maximum Gasteiger partial charge on any atom is 0.257 e. The number of carbonyl (C=O) groups excluding carboxylic acids is 2. The summed E-state index contributed by atoms with van der Waals surface area (Å²) in [5, 5.41) is 6.26. The molecule has 1 saturated heterocycles. The van der Waals surface area contributed by atoms with Gasteiger partial charge < -0.3 is 24.8 Å². The van der Waals surface area contributed by atoms with Crippen molar-refractivity contribution in [3.8, 4) is 5.75 Å². The number of nitrogens with one attached hydrogen (secondary N) is 2. The van der Waals surface area contributed by atoms with Crippen LogP contribution in [0.3, 0.4) is 0 Å². The molecule has 1 fully saturated rings. The Kier molecular flexibility index (Phi) is 7.24. The summed E-state index contributed by atoms with van der Waals surface area (Å²) in [6, 6.07) is 24.8. The molecule has 8 nitrogen and oxygen atoms in total. The van der Waals surface area contributed by atoms with Crippen LogP contribution >= 0.6 is 11.6 Å². The van der Waals surface area contributed by atoms with Crippen LogP contribution in [0.4, 0.5) is 17.1 Å². The number of piperidine rings is 1. The monoisotopic (exact) mass is 568 g/mol. The molecule has 9 heteroatoms. The fraction of sp³-hybridized carbons (Fsp3) is 0.219. The van der Waals surface area contributed by atoms with Crippen LogP contribution in [0.1, 0.15) is 38.7 Å². The van der Waals surface area contributed by atoms with Gasteiger partial charge in [0.25, 0.3) is 17.4 Å². The average Bonchev–Trinajstić information content (AvgIpc) is 2.98. The van der Waals surface area contributed by atoms with E-state index < -0.39 is 0 Å². The minimum absolute atomic E-state index is 0.0313. The Morgan fingerprint density at radius 3 is 2.46 bits per heavy atom. The molecule has 0 saturated carbocycles. The largest absolute Gasteiger partial charge is 0.495 e. The maximum atomic E-state index is 13.4. The summed E-state index contributed by atoms with van der Waals surface area (Å²) >= 11 is 6.32. The predicted molar refractivity (Wildman–Crippen MR) is 161 cm³/mol. The standard InChI is InChI=1S/C32H29ClN4O4/c1-41-29-11-5-4-9-25(29)34-31(39)21-13-14-28(26(16-21)35-32(40)23-7-2-3-8-24(23)33)36-17-20-15-22(19-36)27-10-6-12-30(38)37(27)18-20/h2-14,16,20,22H,15,17-19H2,1H3,(H,34,39)(H,35,40). The molecule has 3 aromatic carbocycles. The number of hydrogen-bond donors (Lipinski definition) is 2. The molecule has 1 aromatic heterocycles. The molecule has 4 aromatic rings. The van der Waals surface area contributed by atoms with Gasteiger partial charge in [0.15, 0.2) is 0 Å².